The van der Waals surface area contributed by atoms with Gasteiger partial charge in [-0.1, -0.05) is 26.0 Å². The molecule has 1 saturated heterocycles. The van der Waals surface area contributed by atoms with Crippen LogP contribution in [0.1, 0.15) is 25.3 Å². The van der Waals surface area contributed by atoms with E-state index in [4.69, 9.17) is 0 Å². The Morgan fingerprint density at radius 2 is 1.75 bits per heavy atom. The van der Waals surface area contributed by atoms with E-state index < -0.39 is 10.0 Å². The molecule has 1 aliphatic rings. The van der Waals surface area contributed by atoms with Gasteiger partial charge in [-0.2, -0.15) is 0 Å². The molecule has 2 amide bonds. The summed E-state index contributed by atoms with van der Waals surface area (Å²) >= 11 is 0. The van der Waals surface area contributed by atoms with Gasteiger partial charge in [0.25, 0.3) is 0 Å². The van der Waals surface area contributed by atoms with Crippen LogP contribution in [0.25, 0.3) is 0 Å². The van der Waals surface area contributed by atoms with Gasteiger partial charge in [-0.3, -0.25) is 9.59 Å². The number of hydrogen-bond acceptors (Lipinski definition) is 4. The minimum Gasteiger partial charge on any atom is -0.342 e. The van der Waals surface area contributed by atoms with Crippen molar-refractivity contribution in [3.8, 4) is 0 Å². The van der Waals surface area contributed by atoms with Crippen molar-refractivity contribution in [2.45, 2.75) is 24.7 Å². The molecule has 0 aliphatic carbocycles. The third-order valence-corrected chi connectivity index (χ3v) is 5.50. The summed E-state index contributed by atoms with van der Waals surface area (Å²) in [7, 11) is -3.72. The molecule has 0 aromatic heterocycles. The van der Waals surface area contributed by atoms with Gasteiger partial charge in [0.15, 0.2) is 0 Å². The molecule has 1 N–H and O–H groups in total. The van der Waals surface area contributed by atoms with Crippen molar-refractivity contribution in [1.29, 1.82) is 0 Å². The lowest BCUT2D eigenvalue weighted by Gasteiger charge is -2.32. The number of nitrogens with zero attached hydrogens (tertiary/aromatic N) is 2. The molecule has 1 aromatic carbocycles. The summed E-state index contributed by atoms with van der Waals surface area (Å²) in [5, 5.41) is 0. The van der Waals surface area contributed by atoms with E-state index in [9.17, 15) is 18.0 Å². The maximum Gasteiger partial charge on any atom is 0.241 e. The van der Waals surface area contributed by atoms with Crippen LogP contribution < -0.4 is 4.72 Å². The first-order valence-corrected chi connectivity index (χ1v) is 9.38. The largest absolute Gasteiger partial charge is 0.342 e. The van der Waals surface area contributed by atoms with Crippen molar-refractivity contribution in [2.24, 2.45) is 0 Å². The van der Waals surface area contributed by atoms with Crippen LogP contribution >= 0.6 is 0 Å². The minimum absolute atomic E-state index is 0.144. The molecule has 1 aromatic rings. The fraction of sp³-hybridized carbons (Fsp3) is 0.500. The van der Waals surface area contributed by atoms with Crippen LogP contribution in [0.15, 0.2) is 29.2 Å². The SMILES string of the molecule is CC(C)c1ccc(S(=O)(=O)NCC(=O)N2CCN(C=O)CC2)cc1. The fourth-order valence-corrected chi connectivity index (χ4v) is 3.44. The number of sulfonamides is 1. The van der Waals surface area contributed by atoms with E-state index in [0.29, 0.717) is 32.1 Å². The van der Waals surface area contributed by atoms with Crippen molar-refractivity contribution in [3.63, 3.8) is 0 Å². The number of amides is 2. The lowest BCUT2D eigenvalue weighted by atomic mass is 10.0. The lowest BCUT2D eigenvalue weighted by Crippen LogP contribution is -2.50. The van der Waals surface area contributed by atoms with E-state index in [1.54, 1.807) is 34.1 Å². The number of piperazine rings is 1. The van der Waals surface area contributed by atoms with Crippen LogP contribution in [-0.4, -0.2) is 63.3 Å². The van der Waals surface area contributed by atoms with Crippen LogP contribution in [0.2, 0.25) is 0 Å². The number of rotatable bonds is 6. The van der Waals surface area contributed by atoms with Gasteiger partial charge in [0.1, 0.15) is 0 Å². The molecule has 1 aliphatic heterocycles. The van der Waals surface area contributed by atoms with Crippen LogP contribution in [0, 0.1) is 0 Å². The molecule has 7 nitrogen and oxygen atoms in total. The first-order chi connectivity index (χ1) is 11.3. The van der Waals surface area contributed by atoms with Crippen molar-refractivity contribution < 1.29 is 18.0 Å². The second kappa shape index (κ2) is 7.76. The maximum absolute atomic E-state index is 12.3. The van der Waals surface area contributed by atoms with Gasteiger partial charge in [0.2, 0.25) is 22.3 Å². The standard InChI is InChI=1S/C16H23N3O4S/c1-13(2)14-3-5-15(6-4-14)24(22,23)17-11-16(21)19-9-7-18(12-20)8-10-19/h3-6,12-13,17H,7-11H2,1-2H3. The van der Waals surface area contributed by atoms with Gasteiger partial charge in [0.05, 0.1) is 11.4 Å². The highest BCUT2D eigenvalue weighted by Gasteiger charge is 2.22. The predicted molar refractivity (Wildman–Crippen MR) is 89.9 cm³/mol. The van der Waals surface area contributed by atoms with E-state index >= 15 is 0 Å². The number of carbonyl (C=O) groups is 2. The molecule has 132 valence electrons. The van der Waals surface area contributed by atoms with E-state index in [1.807, 2.05) is 13.8 Å². The Bertz CT molecular complexity index is 678. The average Bonchev–Trinajstić information content (AvgIpc) is 2.60. The number of carbonyl (C=O) groups excluding carboxylic acids is 2. The summed E-state index contributed by atoms with van der Waals surface area (Å²) < 4.78 is 26.9. The van der Waals surface area contributed by atoms with Crippen molar-refractivity contribution in [2.75, 3.05) is 32.7 Å². The summed E-state index contributed by atoms with van der Waals surface area (Å²) in [6.45, 7) is 5.56. The molecular formula is C16H23N3O4S. The normalized spacial score (nSPS) is 15.6. The van der Waals surface area contributed by atoms with E-state index in [0.717, 1.165) is 12.0 Å². The first-order valence-electron chi connectivity index (χ1n) is 7.90. The lowest BCUT2D eigenvalue weighted by molar-refractivity contribution is -0.134. The van der Waals surface area contributed by atoms with Gasteiger partial charge in [-0.25, -0.2) is 13.1 Å². The molecule has 0 radical (unpaired) electrons. The molecule has 2 rings (SSSR count). The third-order valence-electron chi connectivity index (χ3n) is 4.09. The zero-order valence-electron chi connectivity index (χ0n) is 13.9. The van der Waals surface area contributed by atoms with Gasteiger partial charge in [0, 0.05) is 26.2 Å². The van der Waals surface area contributed by atoms with E-state index in [-0.39, 0.29) is 17.3 Å². The zero-order chi connectivity index (χ0) is 17.7. The van der Waals surface area contributed by atoms with Crippen LogP contribution in [0.4, 0.5) is 0 Å². The number of nitrogens with one attached hydrogen (secondary N) is 1. The Hall–Kier alpha value is -1.93. The molecular weight excluding hydrogens is 330 g/mol. The Morgan fingerprint density at radius 3 is 2.25 bits per heavy atom. The Labute approximate surface area is 142 Å². The summed E-state index contributed by atoms with van der Waals surface area (Å²) in [5.41, 5.74) is 1.05. The molecule has 1 heterocycles. The first kappa shape index (κ1) is 18.4. The van der Waals surface area contributed by atoms with Crippen molar-refractivity contribution in [3.05, 3.63) is 29.8 Å². The van der Waals surface area contributed by atoms with Crippen LogP contribution in [0.3, 0.4) is 0 Å². The number of hydrogen-bond donors (Lipinski definition) is 1. The van der Waals surface area contributed by atoms with Gasteiger partial charge in [-0.15, -0.1) is 0 Å². The van der Waals surface area contributed by atoms with Crippen LogP contribution in [-0.2, 0) is 19.6 Å². The Balaban J connectivity index is 1.92. The summed E-state index contributed by atoms with van der Waals surface area (Å²) in [4.78, 5) is 26.0. The van der Waals surface area contributed by atoms with Gasteiger partial charge < -0.3 is 9.80 Å². The van der Waals surface area contributed by atoms with Crippen LogP contribution in [0.5, 0.6) is 0 Å². The quantitative estimate of drug-likeness (QED) is 0.750. The van der Waals surface area contributed by atoms with Gasteiger partial charge in [-0.05, 0) is 23.6 Å². The molecule has 24 heavy (non-hydrogen) atoms. The molecule has 0 atom stereocenters. The maximum atomic E-state index is 12.3. The Morgan fingerprint density at radius 1 is 1.17 bits per heavy atom. The average molecular weight is 353 g/mol. The highest BCUT2D eigenvalue weighted by molar-refractivity contribution is 7.89. The highest BCUT2D eigenvalue weighted by Crippen LogP contribution is 2.17. The zero-order valence-corrected chi connectivity index (χ0v) is 14.8. The topological polar surface area (TPSA) is 86.8 Å². The molecule has 0 saturated carbocycles. The molecule has 0 spiro atoms. The fourth-order valence-electron chi connectivity index (χ4n) is 2.46. The minimum atomic E-state index is -3.72. The molecule has 1 fully saturated rings. The number of benzene rings is 1. The Kier molecular flexibility index (Phi) is 5.95. The molecule has 0 bridgehead atoms. The summed E-state index contributed by atoms with van der Waals surface area (Å²) in [6.07, 6.45) is 0.755. The summed E-state index contributed by atoms with van der Waals surface area (Å²) in [6, 6.07) is 6.65. The smallest absolute Gasteiger partial charge is 0.241 e. The van der Waals surface area contributed by atoms with Gasteiger partial charge >= 0.3 is 0 Å². The molecule has 0 unspecified atom stereocenters. The van der Waals surface area contributed by atoms with E-state index in [2.05, 4.69) is 4.72 Å². The monoisotopic (exact) mass is 353 g/mol. The third kappa shape index (κ3) is 4.55. The van der Waals surface area contributed by atoms with Crippen molar-refractivity contribution >= 4 is 22.3 Å². The highest BCUT2D eigenvalue weighted by atomic mass is 32.2. The second-order valence-corrected chi connectivity index (χ2v) is 7.84. The predicted octanol–water partition coefficient (Wildman–Crippen LogP) is 0.389. The second-order valence-electron chi connectivity index (χ2n) is 6.07. The summed E-state index contributed by atoms with van der Waals surface area (Å²) in [5.74, 6) is 0.0317. The van der Waals surface area contributed by atoms with E-state index in [1.165, 1.54) is 0 Å². The van der Waals surface area contributed by atoms with Crippen molar-refractivity contribution in [1.82, 2.24) is 14.5 Å². The molecule has 8 heteroatoms.